The molecule has 2 nitrogen and oxygen atoms in total. The molecule has 0 saturated carbocycles. The highest BCUT2D eigenvalue weighted by atomic mass is 15.2. The molecule has 3 rings (SSSR count). The van der Waals surface area contributed by atoms with Gasteiger partial charge in [-0.15, -0.1) is 0 Å². The van der Waals surface area contributed by atoms with Gasteiger partial charge in [-0.05, 0) is 23.0 Å². The van der Waals surface area contributed by atoms with E-state index < -0.39 is 0 Å². The summed E-state index contributed by atoms with van der Waals surface area (Å²) in [5.41, 5.74) is 3.51. The minimum atomic E-state index is 0.358. The molecule has 0 spiro atoms. The van der Waals surface area contributed by atoms with Gasteiger partial charge in [0, 0.05) is 38.1 Å². The van der Waals surface area contributed by atoms with Gasteiger partial charge in [0.05, 0.1) is 0 Å². The normalized spacial score (nSPS) is 27.7. The summed E-state index contributed by atoms with van der Waals surface area (Å²) in [6, 6.07) is 9.61. The van der Waals surface area contributed by atoms with Gasteiger partial charge in [-0.25, -0.2) is 0 Å². The summed E-state index contributed by atoms with van der Waals surface area (Å²) < 4.78 is 0. The van der Waals surface area contributed by atoms with Crippen LogP contribution in [0.5, 0.6) is 0 Å². The van der Waals surface area contributed by atoms with Crippen LogP contribution in [0.4, 0.5) is 0 Å². The molecule has 1 heterocycles. The van der Waals surface area contributed by atoms with E-state index in [2.05, 4.69) is 55.3 Å². The highest BCUT2D eigenvalue weighted by Gasteiger charge is 2.35. The molecule has 19 heavy (non-hydrogen) atoms. The molecule has 2 heteroatoms. The maximum absolute atomic E-state index is 3.56. The topological polar surface area (TPSA) is 15.3 Å². The van der Waals surface area contributed by atoms with Crippen molar-refractivity contribution in [3.63, 3.8) is 0 Å². The average Bonchev–Trinajstić information content (AvgIpc) is 2.35. The second kappa shape index (κ2) is 4.92. The van der Waals surface area contributed by atoms with Crippen LogP contribution in [-0.2, 0) is 6.42 Å². The number of fused-ring (bicyclic) bond motifs is 1. The third-order valence-electron chi connectivity index (χ3n) is 4.77. The van der Waals surface area contributed by atoms with E-state index >= 15 is 0 Å². The molecule has 1 aliphatic heterocycles. The number of hydrogen-bond acceptors (Lipinski definition) is 2. The van der Waals surface area contributed by atoms with Crippen LogP contribution in [0.2, 0.25) is 0 Å². The number of benzene rings is 1. The van der Waals surface area contributed by atoms with Crippen molar-refractivity contribution in [3.05, 3.63) is 35.4 Å². The lowest BCUT2D eigenvalue weighted by Gasteiger charge is -2.46. The van der Waals surface area contributed by atoms with Gasteiger partial charge < -0.3 is 5.32 Å². The van der Waals surface area contributed by atoms with Gasteiger partial charge in [-0.2, -0.15) is 0 Å². The van der Waals surface area contributed by atoms with E-state index in [1.807, 2.05) is 0 Å². The second-order valence-corrected chi connectivity index (χ2v) is 7.18. The van der Waals surface area contributed by atoms with Crippen LogP contribution in [0.15, 0.2) is 24.3 Å². The quantitative estimate of drug-likeness (QED) is 0.877. The maximum Gasteiger partial charge on any atom is 0.0269 e. The number of rotatable bonds is 2. The minimum absolute atomic E-state index is 0.358. The summed E-state index contributed by atoms with van der Waals surface area (Å²) in [5, 5.41) is 3.56. The summed E-state index contributed by atoms with van der Waals surface area (Å²) in [6.45, 7) is 11.8. The Kier molecular flexibility index (Phi) is 3.40. The average molecular weight is 258 g/mol. The molecule has 0 radical (unpaired) electrons. The molecule has 0 bridgehead atoms. The van der Waals surface area contributed by atoms with Crippen LogP contribution >= 0.6 is 0 Å². The third-order valence-corrected chi connectivity index (χ3v) is 4.77. The lowest BCUT2D eigenvalue weighted by Crippen LogP contribution is -2.57. The van der Waals surface area contributed by atoms with Gasteiger partial charge in [0.25, 0.3) is 0 Å². The molecule has 1 aromatic rings. The largest absolute Gasteiger partial charge is 0.314 e. The molecular weight excluding hydrogens is 232 g/mol. The third kappa shape index (κ3) is 2.56. The van der Waals surface area contributed by atoms with Crippen molar-refractivity contribution in [1.29, 1.82) is 0 Å². The maximum atomic E-state index is 3.56. The Balaban J connectivity index is 1.69. The van der Waals surface area contributed by atoms with Crippen LogP contribution in [0.1, 0.15) is 37.8 Å². The molecule has 104 valence electrons. The molecule has 0 aromatic heterocycles. The summed E-state index contributed by atoms with van der Waals surface area (Å²) in [4.78, 5) is 2.72. The zero-order valence-corrected chi connectivity index (χ0v) is 12.4. The fourth-order valence-corrected chi connectivity index (χ4v) is 3.63. The van der Waals surface area contributed by atoms with Crippen molar-refractivity contribution in [2.45, 2.75) is 39.2 Å². The number of nitrogens with one attached hydrogen (secondary N) is 1. The Morgan fingerprint density at radius 3 is 2.79 bits per heavy atom. The van der Waals surface area contributed by atoms with E-state index in [4.69, 9.17) is 0 Å². The predicted octanol–water partition coefficient (Wildman–Crippen LogP) is 2.65. The first-order valence-corrected chi connectivity index (χ1v) is 7.58. The first-order chi connectivity index (χ1) is 9.05. The fraction of sp³-hybridized carbons (Fsp3) is 0.647. The van der Waals surface area contributed by atoms with E-state index in [0.29, 0.717) is 11.5 Å². The minimum Gasteiger partial charge on any atom is -0.314 e. The van der Waals surface area contributed by atoms with Gasteiger partial charge in [-0.1, -0.05) is 45.0 Å². The molecule has 1 N–H and O–H groups in total. The Morgan fingerprint density at radius 1 is 1.26 bits per heavy atom. The van der Waals surface area contributed by atoms with Crippen LogP contribution < -0.4 is 5.32 Å². The number of hydrogen-bond donors (Lipinski definition) is 1. The predicted molar refractivity (Wildman–Crippen MR) is 80.6 cm³/mol. The van der Waals surface area contributed by atoms with Crippen LogP contribution in [0, 0.1) is 5.41 Å². The Morgan fingerprint density at radius 2 is 2.05 bits per heavy atom. The summed E-state index contributed by atoms with van der Waals surface area (Å²) in [5.74, 6) is 0.763. The Hall–Kier alpha value is -0.860. The standard InChI is InChI=1S/C17H26N2/c1-17(2,3)16-11-18-8-9-19(16)12-14-10-13-6-4-5-7-15(13)14/h4-7,14,16,18H,8-12H2,1-3H3. The van der Waals surface area contributed by atoms with Gasteiger partial charge in [0.1, 0.15) is 0 Å². The second-order valence-electron chi connectivity index (χ2n) is 7.18. The van der Waals surface area contributed by atoms with E-state index in [1.54, 1.807) is 11.1 Å². The van der Waals surface area contributed by atoms with E-state index in [9.17, 15) is 0 Å². The zero-order chi connectivity index (χ0) is 13.5. The molecule has 1 aromatic carbocycles. The van der Waals surface area contributed by atoms with Crippen molar-refractivity contribution < 1.29 is 0 Å². The lowest BCUT2D eigenvalue weighted by molar-refractivity contribution is 0.0676. The Labute approximate surface area is 117 Å². The first-order valence-electron chi connectivity index (χ1n) is 7.58. The number of piperazine rings is 1. The van der Waals surface area contributed by atoms with Gasteiger partial charge >= 0.3 is 0 Å². The molecule has 2 atom stereocenters. The highest BCUT2D eigenvalue weighted by Crippen LogP contribution is 2.37. The summed E-state index contributed by atoms with van der Waals surface area (Å²) >= 11 is 0. The van der Waals surface area contributed by atoms with Crippen molar-refractivity contribution in [1.82, 2.24) is 10.2 Å². The zero-order valence-electron chi connectivity index (χ0n) is 12.4. The van der Waals surface area contributed by atoms with Crippen LogP contribution in [0.3, 0.4) is 0 Å². The molecule has 2 unspecified atom stereocenters. The molecule has 1 aliphatic carbocycles. The first kappa shape index (κ1) is 13.1. The van der Waals surface area contributed by atoms with Gasteiger partial charge in [-0.3, -0.25) is 4.90 Å². The van der Waals surface area contributed by atoms with E-state index in [1.165, 1.54) is 19.5 Å². The van der Waals surface area contributed by atoms with Crippen molar-refractivity contribution in [3.8, 4) is 0 Å². The summed E-state index contributed by atoms with van der Waals surface area (Å²) in [6.07, 6.45) is 1.27. The van der Waals surface area contributed by atoms with Crippen molar-refractivity contribution >= 4 is 0 Å². The molecule has 1 saturated heterocycles. The monoisotopic (exact) mass is 258 g/mol. The van der Waals surface area contributed by atoms with Crippen molar-refractivity contribution in [2.24, 2.45) is 5.41 Å². The molecule has 1 fully saturated rings. The van der Waals surface area contributed by atoms with Crippen LogP contribution in [0.25, 0.3) is 0 Å². The van der Waals surface area contributed by atoms with E-state index in [0.717, 1.165) is 19.0 Å². The molecule has 2 aliphatic rings. The fourth-order valence-electron chi connectivity index (χ4n) is 3.63. The van der Waals surface area contributed by atoms with Gasteiger partial charge in [0.15, 0.2) is 0 Å². The van der Waals surface area contributed by atoms with Crippen LogP contribution in [-0.4, -0.2) is 37.1 Å². The SMILES string of the molecule is CC(C)(C)C1CNCCN1CC1Cc2ccccc21. The number of nitrogens with zero attached hydrogens (tertiary/aromatic N) is 1. The smallest absolute Gasteiger partial charge is 0.0269 e. The molecular formula is C17H26N2. The lowest BCUT2D eigenvalue weighted by atomic mass is 9.76. The molecule has 0 amide bonds. The van der Waals surface area contributed by atoms with Crippen molar-refractivity contribution in [2.75, 3.05) is 26.2 Å². The highest BCUT2D eigenvalue weighted by molar-refractivity contribution is 5.40. The van der Waals surface area contributed by atoms with Gasteiger partial charge in [0.2, 0.25) is 0 Å². The van der Waals surface area contributed by atoms with E-state index in [-0.39, 0.29) is 0 Å². The summed E-state index contributed by atoms with van der Waals surface area (Å²) in [7, 11) is 0. The Bertz CT molecular complexity index is 447.